The van der Waals surface area contributed by atoms with Crippen LogP contribution in [0.1, 0.15) is 26.3 Å². The summed E-state index contributed by atoms with van der Waals surface area (Å²) < 4.78 is 10.5. The molecule has 7 nitrogen and oxygen atoms in total. The Labute approximate surface area is 192 Å². The topological polar surface area (TPSA) is 80.2 Å². The number of benzene rings is 2. The van der Waals surface area contributed by atoms with Gasteiger partial charge in [0.1, 0.15) is 17.2 Å². The normalized spacial score (nSPS) is 15.7. The number of rotatable bonds is 7. The van der Waals surface area contributed by atoms with Crippen LogP contribution in [0.25, 0.3) is 6.08 Å². The number of aliphatic imine (C=N–C) groups is 1. The zero-order chi connectivity index (χ0) is 23.3. The fraction of sp³-hybridized carbons (Fsp3) is 0.292. The highest BCUT2D eigenvalue weighted by atomic mass is 32.2. The van der Waals surface area contributed by atoms with E-state index < -0.39 is 5.25 Å². The molecular formula is C24H27N3O4S. The van der Waals surface area contributed by atoms with Crippen LogP contribution in [0, 0.1) is 0 Å². The fourth-order valence-electron chi connectivity index (χ4n) is 3.02. The predicted octanol–water partition coefficient (Wildman–Crippen LogP) is 4.09. The van der Waals surface area contributed by atoms with Crippen molar-refractivity contribution < 1.29 is 19.1 Å². The van der Waals surface area contributed by atoms with Crippen LogP contribution in [0.15, 0.2) is 59.2 Å². The minimum Gasteiger partial charge on any atom is -0.497 e. The summed E-state index contributed by atoms with van der Waals surface area (Å²) in [5.41, 5.74) is 1.73. The Bertz CT molecular complexity index is 1050. The summed E-state index contributed by atoms with van der Waals surface area (Å²) >= 11 is 1.24. The second-order valence-corrected chi connectivity index (χ2v) is 8.77. The van der Waals surface area contributed by atoms with E-state index in [-0.39, 0.29) is 23.6 Å². The van der Waals surface area contributed by atoms with E-state index in [9.17, 15) is 9.59 Å². The molecule has 1 aliphatic rings. The van der Waals surface area contributed by atoms with Gasteiger partial charge in [0.05, 0.1) is 25.2 Å². The molecule has 3 rings (SSSR count). The molecule has 32 heavy (non-hydrogen) atoms. The Hall–Kier alpha value is -3.26. The molecule has 2 aromatic rings. The van der Waals surface area contributed by atoms with Gasteiger partial charge in [0.15, 0.2) is 5.17 Å². The molecule has 2 aromatic carbocycles. The van der Waals surface area contributed by atoms with Crippen LogP contribution in [-0.4, -0.2) is 42.5 Å². The Morgan fingerprint density at radius 2 is 1.75 bits per heavy atom. The summed E-state index contributed by atoms with van der Waals surface area (Å²) in [7, 11) is 3.17. The molecule has 8 heteroatoms. The van der Waals surface area contributed by atoms with Gasteiger partial charge in [-0.05, 0) is 56.7 Å². The average Bonchev–Trinajstić information content (AvgIpc) is 3.08. The van der Waals surface area contributed by atoms with Crippen LogP contribution in [-0.2, 0) is 9.59 Å². The molecule has 0 saturated carbocycles. The molecule has 0 bridgehead atoms. The van der Waals surface area contributed by atoms with Gasteiger partial charge in [-0.3, -0.25) is 14.5 Å². The summed E-state index contributed by atoms with van der Waals surface area (Å²) in [6.45, 7) is 5.61. The molecule has 1 atom stereocenters. The lowest BCUT2D eigenvalue weighted by Gasteiger charge is -2.21. The number of hydrogen-bond acceptors (Lipinski definition) is 6. The van der Waals surface area contributed by atoms with Crippen LogP contribution in [0.2, 0.25) is 0 Å². The quantitative estimate of drug-likeness (QED) is 0.639. The maximum atomic E-state index is 13.3. The van der Waals surface area contributed by atoms with Crippen molar-refractivity contribution in [1.29, 1.82) is 0 Å². The second kappa shape index (κ2) is 10.4. The van der Waals surface area contributed by atoms with Crippen molar-refractivity contribution >= 4 is 40.5 Å². The predicted molar refractivity (Wildman–Crippen MR) is 129 cm³/mol. The zero-order valence-electron chi connectivity index (χ0n) is 18.8. The lowest BCUT2D eigenvalue weighted by atomic mass is 10.2. The van der Waals surface area contributed by atoms with Gasteiger partial charge in [0.2, 0.25) is 5.91 Å². The van der Waals surface area contributed by atoms with Crippen LogP contribution < -0.4 is 19.7 Å². The summed E-state index contributed by atoms with van der Waals surface area (Å²) in [5, 5.41) is 2.90. The number of anilines is 1. The van der Waals surface area contributed by atoms with Crippen LogP contribution in [0.3, 0.4) is 0 Å². The van der Waals surface area contributed by atoms with Crippen molar-refractivity contribution in [2.45, 2.75) is 32.1 Å². The first kappa shape index (κ1) is 23.4. The maximum absolute atomic E-state index is 13.3. The van der Waals surface area contributed by atoms with E-state index in [2.05, 4.69) is 10.3 Å². The first-order valence-electron chi connectivity index (χ1n) is 10.2. The molecule has 0 aliphatic carbocycles. The Morgan fingerprint density at radius 3 is 2.38 bits per heavy atom. The molecule has 1 heterocycles. The monoisotopic (exact) mass is 453 g/mol. The smallest absolute Gasteiger partial charge is 0.283 e. The standard InChI is InChI=1S/C24H27N3O4S/c1-15(2)25-22(28)16(3)32-24-26-21(13-17-9-11-19(30-4)12-10-17)23(29)27(24)18-7-6-8-20(14-18)31-5/h6-16H,1-5H3,(H,25,28)/b21-13-. The first-order valence-corrected chi connectivity index (χ1v) is 11.1. The van der Waals surface area contributed by atoms with Gasteiger partial charge < -0.3 is 14.8 Å². The number of nitrogens with zero attached hydrogens (tertiary/aromatic N) is 2. The van der Waals surface area contributed by atoms with E-state index in [1.54, 1.807) is 39.4 Å². The molecule has 0 fully saturated rings. The summed E-state index contributed by atoms with van der Waals surface area (Å²) in [5.74, 6) is 0.969. The number of amides is 2. The third-order valence-electron chi connectivity index (χ3n) is 4.64. The molecule has 1 N–H and O–H groups in total. The van der Waals surface area contributed by atoms with Crippen molar-refractivity contribution in [1.82, 2.24) is 5.32 Å². The number of ether oxygens (including phenoxy) is 2. The Balaban J connectivity index is 1.96. The molecule has 1 unspecified atom stereocenters. The van der Waals surface area contributed by atoms with Gasteiger partial charge in [-0.25, -0.2) is 4.99 Å². The zero-order valence-corrected chi connectivity index (χ0v) is 19.6. The van der Waals surface area contributed by atoms with Gasteiger partial charge >= 0.3 is 0 Å². The lowest BCUT2D eigenvalue weighted by Crippen LogP contribution is -2.38. The van der Waals surface area contributed by atoms with E-state index >= 15 is 0 Å². The first-order chi connectivity index (χ1) is 15.3. The van der Waals surface area contributed by atoms with Crippen molar-refractivity contribution in [3.63, 3.8) is 0 Å². The molecule has 0 radical (unpaired) electrons. The number of amidine groups is 1. The highest BCUT2D eigenvalue weighted by Gasteiger charge is 2.34. The molecule has 168 valence electrons. The molecule has 2 amide bonds. The summed E-state index contributed by atoms with van der Waals surface area (Å²) in [6, 6.07) is 14.6. The van der Waals surface area contributed by atoms with Crippen LogP contribution >= 0.6 is 11.8 Å². The third kappa shape index (κ3) is 5.50. The lowest BCUT2D eigenvalue weighted by molar-refractivity contribution is -0.120. The largest absolute Gasteiger partial charge is 0.497 e. The SMILES string of the molecule is COc1ccc(/C=C2\N=C(SC(C)C(=O)NC(C)C)N(c3cccc(OC)c3)C2=O)cc1. The van der Waals surface area contributed by atoms with Gasteiger partial charge in [-0.1, -0.05) is 30.0 Å². The Kier molecular flexibility index (Phi) is 7.58. The van der Waals surface area contributed by atoms with Gasteiger partial charge in [0, 0.05) is 12.1 Å². The minimum absolute atomic E-state index is 0.0257. The van der Waals surface area contributed by atoms with Crippen molar-refractivity contribution in [3.05, 3.63) is 59.8 Å². The number of nitrogens with one attached hydrogen (secondary N) is 1. The highest BCUT2D eigenvalue weighted by molar-refractivity contribution is 8.15. The number of carbonyl (C=O) groups excluding carboxylic acids is 2. The van der Waals surface area contributed by atoms with Crippen molar-refractivity contribution in [2.24, 2.45) is 4.99 Å². The maximum Gasteiger partial charge on any atom is 0.283 e. The van der Waals surface area contributed by atoms with Gasteiger partial charge in [-0.15, -0.1) is 0 Å². The number of hydrogen-bond donors (Lipinski definition) is 1. The van der Waals surface area contributed by atoms with Gasteiger partial charge in [0.25, 0.3) is 5.91 Å². The molecule has 1 aliphatic heterocycles. The molecule has 0 spiro atoms. The number of carbonyl (C=O) groups is 2. The third-order valence-corrected chi connectivity index (χ3v) is 5.69. The molecule has 0 saturated heterocycles. The summed E-state index contributed by atoms with van der Waals surface area (Å²) in [6.07, 6.45) is 1.72. The van der Waals surface area contributed by atoms with E-state index in [4.69, 9.17) is 9.47 Å². The molecular weight excluding hydrogens is 426 g/mol. The van der Waals surface area contributed by atoms with Crippen molar-refractivity contribution in [3.8, 4) is 11.5 Å². The number of methoxy groups -OCH3 is 2. The van der Waals surface area contributed by atoms with Gasteiger partial charge in [-0.2, -0.15) is 0 Å². The Morgan fingerprint density at radius 1 is 1.06 bits per heavy atom. The minimum atomic E-state index is -0.433. The van der Waals surface area contributed by atoms with E-state index in [0.29, 0.717) is 16.6 Å². The van der Waals surface area contributed by atoms with E-state index in [1.807, 2.05) is 50.2 Å². The fourth-order valence-corrected chi connectivity index (χ4v) is 3.96. The van der Waals surface area contributed by atoms with Crippen LogP contribution in [0.4, 0.5) is 5.69 Å². The highest BCUT2D eigenvalue weighted by Crippen LogP contribution is 2.33. The van der Waals surface area contributed by atoms with Crippen LogP contribution in [0.5, 0.6) is 11.5 Å². The summed E-state index contributed by atoms with van der Waals surface area (Å²) in [4.78, 5) is 31.9. The van der Waals surface area contributed by atoms with E-state index in [0.717, 1.165) is 11.3 Å². The number of thioether (sulfide) groups is 1. The average molecular weight is 454 g/mol. The molecule has 0 aromatic heterocycles. The van der Waals surface area contributed by atoms with Crippen molar-refractivity contribution in [2.75, 3.05) is 19.1 Å². The van der Waals surface area contributed by atoms with E-state index in [1.165, 1.54) is 16.7 Å². The second-order valence-electron chi connectivity index (χ2n) is 7.46.